The van der Waals surface area contributed by atoms with E-state index in [0.29, 0.717) is 23.7 Å². The van der Waals surface area contributed by atoms with E-state index in [1.54, 1.807) is 0 Å². The highest BCUT2D eigenvalue weighted by Crippen LogP contribution is 2.29. The third-order valence-corrected chi connectivity index (χ3v) is 3.43. The van der Waals surface area contributed by atoms with Crippen LogP contribution in [0.2, 0.25) is 0 Å². The van der Waals surface area contributed by atoms with Gasteiger partial charge in [0.25, 0.3) is 0 Å². The summed E-state index contributed by atoms with van der Waals surface area (Å²) in [5.41, 5.74) is 2.29. The topological polar surface area (TPSA) is 44.8 Å². The normalized spacial score (nSPS) is 14.0. The van der Waals surface area contributed by atoms with Crippen LogP contribution in [0.5, 0.6) is 5.75 Å². The van der Waals surface area contributed by atoms with Crippen molar-refractivity contribution in [1.82, 2.24) is 0 Å². The summed E-state index contributed by atoms with van der Waals surface area (Å²) < 4.78 is 16.0. The summed E-state index contributed by atoms with van der Waals surface area (Å²) in [6, 6.07) is 17.3. The maximum absolute atomic E-state index is 11.8. The highest BCUT2D eigenvalue weighted by atomic mass is 16.6. The third-order valence-electron chi connectivity index (χ3n) is 3.43. The van der Waals surface area contributed by atoms with Gasteiger partial charge < -0.3 is 14.2 Å². The molecule has 4 nitrogen and oxygen atoms in total. The average molecular weight is 296 g/mol. The molecule has 0 saturated carbocycles. The van der Waals surface area contributed by atoms with E-state index in [9.17, 15) is 4.79 Å². The molecule has 112 valence electrons. The van der Waals surface area contributed by atoms with E-state index in [4.69, 9.17) is 14.2 Å². The van der Waals surface area contributed by atoms with Crippen LogP contribution in [0, 0.1) is 0 Å². The molecule has 0 atom stereocenters. The lowest BCUT2D eigenvalue weighted by atomic mass is 10.1. The number of esters is 1. The van der Waals surface area contributed by atoms with Crippen LogP contribution in [0.1, 0.15) is 11.1 Å². The lowest BCUT2D eigenvalue weighted by Crippen LogP contribution is -2.00. The molecule has 0 unspecified atom stereocenters. The van der Waals surface area contributed by atoms with Crippen LogP contribution < -0.4 is 4.74 Å². The summed E-state index contributed by atoms with van der Waals surface area (Å²) in [5.74, 6) is 0.881. The van der Waals surface area contributed by atoms with Crippen molar-refractivity contribution in [2.24, 2.45) is 0 Å². The summed E-state index contributed by atoms with van der Waals surface area (Å²) in [4.78, 5) is 11.8. The molecule has 0 spiro atoms. The fourth-order valence-corrected chi connectivity index (χ4v) is 2.31. The minimum absolute atomic E-state index is 0.180. The number of hydrogen-bond donors (Lipinski definition) is 0. The van der Waals surface area contributed by atoms with Crippen LogP contribution in [-0.2, 0) is 20.9 Å². The number of carbonyl (C=O) groups is 1. The van der Waals surface area contributed by atoms with Crippen molar-refractivity contribution in [2.75, 3.05) is 13.7 Å². The van der Waals surface area contributed by atoms with Crippen LogP contribution in [-0.4, -0.2) is 19.7 Å². The second-order valence-corrected chi connectivity index (χ2v) is 4.88. The molecule has 0 aliphatic carbocycles. The molecule has 0 aromatic heterocycles. The third kappa shape index (κ3) is 2.96. The van der Waals surface area contributed by atoms with E-state index < -0.39 is 0 Å². The number of carbonyl (C=O) groups excluding carboxylic acids is 1. The van der Waals surface area contributed by atoms with Crippen molar-refractivity contribution in [2.45, 2.75) is 6.61 Å². The zero-order valence-corrected chi connectivity index (χ0v) is 12.2. The molecule has 2 aromatic rings. The number of ether oxygens (including phenoxy) is 3. The van der Waals surface area contributed by atoms with Gasteiger partial charge in [0.2, 0.25) is 0 Å². The largest absolute Gasteiger partial charge is 0.497 e. The Morgan fingerprint density at radius 2 is 1.91 bits per heavy atom. The van der Waals surface area contributed by atoms with E-state index in [1.807, 2.05) is 54.6 Å². The van der Waals surface area contributed by atoms with Crippen molar-refractivity contribution in [3.8, 4) is 5.75 Å². The summed E-state index contributed by atoms with van der Waals surface area (Å²) in [6.45, 7) is 0.657. The first-order chi connectivity index (χ1) is 10.8. The van der Waals surface area contributed by atoms with Crippen LogP contribution in [0.3, 0.4) is 0 Å². The monoisotopic (exact) mass is 296 g/mol. The molecule has 22 heavy (non-hydrogen) atoms. The van der Waals surface area contributed by atoms with Gasteiger partial charge in [-0.25, -0.2) is 4.79 Å². The Kier molecular flexibility index (Phi) is 4.10. The number of methoxy groups -OCH3 is 1. The number of hydrogen-bond acceptors (Lipinski definition) is 4. The molecule has 1 aliphatic rings. The SMILES string of the molecule is COC1=C(c2cccc(OCc3ccccc3)c2)C(=O)OC1. The molecule has 0 bridgehead atoms. The zero-order chi connectivity index (χ0) is 15.4. The molecule has 1 heterocycles. The highest BCUT2D eigenvalue weighted by molar-refractivity contribution is 6.19. The Morgan fingerprint density at radius 1 is 1.09 bits per heavy atom. The van der Waals surface area contributed by atoms with Gasteiger partial charge in [0, 0.05) is 0 Å². The predicted octanol–water partition coefficient (Wildman–Crippen LogP) is 3.18. The van der Waals surface area contributed by atoms with Crippen molar-refractivity contribution < 1.29 is 19.0 Å². The fourth-order valence-electron chi connectivity index (χ4n) is 2.31. The summed E-state index contributed by atoms with van der Waals surface area (Å²) in [5, 5.41) is 0. The second kappa shape index (κ2) is 6.35. The van der Waals surface area contributed by atoms with Crippen molar-refractivity contribution in [3.63, 3.8) is 0 Å². The Balaban J connectivity index is 1.80. The molecule has 2 aromatic carbocycles. The Labute approximate surface area is 128 Å². The standard InChI is InChI=1S/C18H16O4/c1-20-16-12-22-18(19)17(16)14-8-5-9-15(10-14)21-11-13-6-3-2-4-7-13/h2-10H,11-12H2,1H3. The Hall–Kier alpha value is -2.75. The summed E-state index contributed by atoms with van der Waals surface area (Å²) in [6.07, 6.45) is 0. The number of cyclic esters (lactones) is 1. The predicted molar refractivity (Wildman–Crippen MR) is 82.1 cm³/mol. The van der Waals surface area contributed by atoms with E-state index in [2.05, 4.69) is 0 Å². The molecular weight excluding hydrogens is 280 g/mol. The van der Waals surface area contributed by atoms with Gasteiger partial charge in [-0.2, -0.15) is 0 Å². The molecule has 0 fully saturated rings. The molecule has 0 radical (unpaired) electrons. The minimum Gasteiger partial charge on any atom is -0.497 e. The van der Waals surface area contributed by atoms with Crippen molar-refractivity contribution >= 4 is 11.5 Å². The second-order valence-electron chi connectivity index (χ2n) is 4.88. The van der Waals surface area contributed by atoms with Crippen LogP contribution in [0.4, 0.5) is 0 Å². The van der Waals surface area contributed by atoms with Gasteiger partial charge in [-0.15, -0.1) is 0 Å². The smallest absolute Gasteiger partial charge is 0.342 e. The Bertz CT molecular complexity index is 704. The van der Waals surface area contributed by atoms with Gasteiger partial charge in [-0.05, 0) is 23.3 Å². The first-order valence-corrected chi connectivity index (χ1v) is 6.99. The number of benzene rings is 2. The maximum atomic E-state index is 11.8. The first-order valence-electron chi connectivity index (χ1n) is 6.99. The van der Waals surface area contributed by atoms with Gasteiger partial charge in [0.05, 0.1) is 7.11 Å². The van der Waals surface area contributed by atoms with Crippen molar-refractivity contribution in [1.29, 1.82) is 0 Å². The highest BCUT2D eigenvalue weighted by Gasteiger charge is 2.27. The van der Waals surface area contributed by atoms with E-state index >= 15 is 0 Å². The summed E-state index contributed by atoms with van der Waals surface area (Å²) >= 11 is 0. The minimum atomic E-state index is -0.364. The molecule has 4 heteroatoms. The van der Waals surface area contributed by atoms with Gasteiger partial charge in [0.1, 0.15) is 30.3 Å². The molecule has 0 N–H and O–H groups in total. The molecular formula is C18H16O4. The first kappa shape index (κ1) is 14.2. The van der Waals surface area contributed by atoms with Crippen LogP contribution in [0.25, 0.3) is 5.57 Å². The zero-order valence-electron chi connectivity index (χ0n) is 12.2. The van der Waals surface area contributed by atoms with Gasteiger partial charge in [-0.1, -0.05) is 42.5 Å². The van der Waals surface area contributed by atoms with Crippen LogP contribution >= 0.6 is 0 Å². The van der Waals surface area contributed by atoms with E-state index in [1.165, 1.54) is 7.11 Å². The lowest BCUT2D eigenvalue weighted by Gasteiger charge is -2.08. The quantitative estimate of drug-likeness (QED) is 0.795. The van der Waals surface area contributed by atoms with Gasteiger partial charge in [-0.3, -0.25) is 0 Å². The molecule has 0 amide bonds. The lowest BCUT2D eigenvalue weighted by molar-refractivity contribution is -0.134. The Morgan fingerprint density at radius 3 is 2.68 bits per heavy atom. The molecule has 1 aliphatic heterocycles. The van der Waals surface area contributed by atoms with Gasteiger partial charge >= 0.3 is 5.97 Å². The summed E-state index contributed by atoms with van der Waals surface area (Å²) in [7, 11) is 1.53. The average Bonchev–Trinajstić information content (AvgIpc) is 2.95. The maximum Gasteiger partial charge on any atom is 0.342 e. The van der Waals surface area contributed by atoms with E-state index in [0.717, 1.165) is 11.1 Å². The van der Waals surface area contributed by atoms with Gasteiger partial charge in [0.15, 0.2) is 0 Å². The fraction of sp³-hybridized carbons (Fsp3) is 0.167. The van der Waals surface area contributed by atoms with Crippen LogP contribution in [0.15, 0.2) is 60.4 Å². The molecule has 3 rings (SSSR count). The molecule has 0 saturated heterocycles. The number of rotatable bonds is 5. The van der Waals surface area contributed by atoms with Crippen molar-refractivity contribution in [3.05, 3.63) is 71.5 Å². The van der Waals surface area contributed by atoms with E-state index in [-0.39, 0.29) is 12.6 Å².